The molecule has 7 heteroatoms. The summed E-state index contributed by atoms with van der Waals surface area (Å²) >= 11 is 1.56. The van der Waals surface area contributed by atoms with Crippen LogP contribution in [-0.2, 0) is 4.79 Å². The number of aryl methyl sites for hydroxylation is 1. The standard InChI is InChI=1S/C21H26N4O2S/c1-13(21-25-24-15(3)28-21)4-7-18-11-22-19(10-14(18)2)23-20(27)17-8-5-16(12-26)6-9-17/h4,7,10-11,16-17,26H,2,5-6,8-9,12H2,1,3H3,(H,23,27)/b13-4+,18-7-. The highest BCUT2D eigenvalue weighted by Crippen LogP contribution is 2.29. The smallest absolute Gasteiger partial charge is 0.228 e. The van der Waals surface area contributed by atoms with E-state index < -0.39 is 0 Å². The number of aliphatic hydroxyl groups excluding tert-OH is 1. The van der Waals surface area contributed by atoms with E-state index in [-0.39, 0.29) is 18.4 Å². The summed E-state index contributed by atoms with van der Waals surface area (Å²) in [5, 5.41) is 23.8. The molecule has 6 nitrogen and oxygen atoms in total. The Morgan fingerprint density at radius 2 is 2.11 bits per heavy atom. The first kappa shape index (κ1) is 20.4. The van der Waals surface area contributed by atoms with Crippen LogP contribution in [0.2, 0.25) is 0 Å². The first-order chi connectivity index (χ1) is 13.5. The van der Waals surface area contributed by atoms with Gasteiger partial charge in [-0.25, -0.2) is 4.98 Å². The molecular formula is C21H26N4O2S. The zero-order chi connectivity index (χ0) is 20.1. The van der Waals surface area contributed by atoms with Crippen LogP contribution in [0, 0.1) is 18.8 Å². The zero-order valence-electron chi connectivity index (χ0n) is 16.3. The summed E-state index contributed by atoms with van der Waals surface area (Å²) in [6, 6.07) is 1.79. The molecule has 0 radical (unpaired) electrons. The van der Waals surface area contributed by atoms with Gasteiger partial charge in [-0.05, 0) is 67.5 Å². The number of nitrogens with zero attached hydrogens (tertiary/aromatic N) is 3. The summed E-state index contributed by atoms with van der Waals surface area (Å²) in [6.07, 6.45) is 9.07. The zero-order valence-corrected chi connectivity index (χ0v) is 17.1. The van der Waals surface area contributed by atoms with Gasteiger partial charge >= 0.3 is 0 Å². The molecule has 1 fully saturated rings. The van der Waals surface area contributed by atoms with Crippen molar-refractivity contribution >= 4 is 41.3 Å². The molecule has 2 aromatic heterocycles. The minimum atomic E-state index is -0.00921. The topological polar surface area (TPSA) is 88.0 Å². The molecule has 1 saturated carbocycles. The average Bonchev–Trinajstić information content (AvgIpc) is 3.13. The first-order valence-corrected chi connectivity index (χ1v) is 10.3. The number of aromatic nitrogens is 3. The van der Waals surface area contributed by atoms with E-state index >= 15 is 0 Å². The first-order valence-electron chi connectivity index (χ1n) is 9.52. The number of allylic oxidation sites excluding steroid dienone is 2. The fourth-order valence-electron chi connectivity index (χ4n) is 3.30. The fraction of sp³-hybridized carbons (Fsp3) is 0.429. The Labute approximate surface area is 168 Å². The Morgan fingerprint density at radius 1 is 1.36 bits per heavy atom. The summed E-state index contributed by atoms with van der Waals surface area (Å²) in [6.45, 7) is 8.21. The lowest BCUT2D eigenvalue weighted by atomic mass is 9.82. The second-order valence-corrected chi connectivity index (χ2v) is 8.48. The third-order valence-corrected chi connectivity index (χ3v) is 6.10. The molecule has 2 aromatic rings. The van der Waals surface area contributed by atoms with E-state index in [4.69, 9.17) is 0 Å². The van der Waals surface area contributed by atoms with Crippen LogP contribution in [0.4, 0.5) is 5.82 Å². The Kier molecular flexibility index (Phi) is 6.70. The molecule has 0 aliphatic heterocycles. The number of hydrogen-bond acceptors (Lipinski definition) is 6. The number of carbonyl (C=O) groups is 1. The highest BCUT2D eigenvalue weighted by atomic mass is 32.1. The number of hydrogen-bond donors (Lipinski definition) is 2. The van der Waals surface area contributed by atoms with Gasteiger partial charge in [0, 0.05) is 18.7 Å². The second-order valence-electron chi connectivity index (χ2n) is 7.30. The lowest BCUT2D eigenvalue weighted by Gasteiger charge is -2.26. The molecule has 1 aliphatic carbocycles. The van der Waals surface area contributed by atoms with Crippen molar-refractivity contribution < 1.29 is 9.90 Å². The van der Waals surface area contributed by atoms with Crippen molar-refractivity contribution in [2.24, 2.45) is 11.8 Å². The Bertz CT molecular complexity index is 975. The van der Waals surface area contributed by atoms with Crippen molar-refractivity contribution in [1.29, 1.82) is 0 Å². The van der Waals surface area contributed by atoms with Gasteiger partial charge in [-0.15, -0.1) is 10.2 Å². The van der Waals surface area contributed by atoms with E-state index in [0.717, 1.165) is 51.7 Å². The molecule has 1 amide bonds. The van der Waals surface area contributed by atoms with E-state index in [2.05, 4.69) is 27.1 Å². The van der Waals surface area contributed by atoms with Crippen molar-refractivity contribution in [3.8, 4) is 0 Å². The predicted molar refractivity (Wildman–Crippen MR) is 113 cm³/mol. The number of carbonyl (C=O) groups excluding carboxylic acids is 1. The lowest BCUT2D eigenvalue weighted by molar-refractivity contribution is -0.121. The molecule has 0 spiro atoms. The Balaban J connectivity index is 1.67. The summed E-state index contributed by atoms with van der Waals surface area (Å²) in [4.78, 5) is 16.8. The number of rotatable bonds is 5. The quantitative estimate of drug-likeness (QED) is 0.807. The molecule has 0 atom stereocenters. The van der Waals surface area contributed by atoms with Gasteiger partial charge in [0.25, 0.3) is 0 Å². The molecule has 0 unspecified atom stereocenters. The van der Waals surface area contributed by atoms with E-state index in [9.17, 15) is 9.90 Å². The normalized spacial score (nSPS) is 21.0. The average molecular weight is 399 g/mol. The lowest BCUT2D eigenvalue weighted by Crippen LogP contribution is -2.30. The molecule has 28 heavy (non-hydrogen) atoms. The van der Waals surface area contributed by atoms with Crippen LogP contribution < -0.4 is 15.8 Å². The monoisotopic (exact) mass is 398 g/mol. The summed E-state index contributed by atoms with van der Waals surface area (Å²) in [7, 11) is 0. The van der Waals surface area contributed by atoms with Crippen LogP contribution in [0.25, 0.3) is 18.2 Å². The number of nitrogens with one attached hydrogen (secondary N) is 1. The number of pyridine rings is 1. The molecule has 0 saturated heterocycles. The minimum absolute atomic E-state index is 0.00222. The van der Waals surface area contributed by atoms with Crippen LogP contribution in [0.3, 0.4) is 0 Å². The van der Waals surface area contributed by atoms with Gasteiger partial charge in [-0.1, -0.05) is 30.1 Å². The maximum Gasteiger partial charge on any atom is 0.228 e. The SMILES string of the molecule is C=c1cc(NC(=O)C2CCC(CO)CC2)nc/c1=C/C=C(\C)c1nnc(C)s1. The van der Waals surface area contributed by atoms with E-state index in [1.54, 1.807) is 23.6 Å². The summed E-state index contributed by atoms with van der Waals surface area (Å²) in [5.41, 5.74) is 1.03. The maximum absolute atomic E-state index is 12.5. The van der Waals surface area contributed by atoms with Crippen LogP contribution in [0.5, 0.6) is 0 Å². The molecule has 2 N–H and O–H groups in total. The molecule has 0 aromatic carbocycles. The van der Waals surface area contributed by atoms with E-state index in [1.165, 1.54) is 0 Å². The Morgan fingerprint density at radius 3 is 2.71 bits per heavy atom. The van der Waals surface area contributed by atoms with E-state index in [0.29, 0.717) is 11.7 Å². The molecule has 3 rings (SSSR count). The van der Waals surface area contributed by atoms with Crippen molar-refractivity contribution in [2.45, 2.75) is 39.5 Å². The second kappa shape index (κ2) is 9.21. The summed E-state index contributed by atoms with van der Waals surface area (Å²) in [5.74, 6) is 0.855. The molecule has 0 bridgehead atoms. The summed E-state index contributed by atoms with van der Waals surface area (Å²) < 4.78 is 0. The van der Waals surface area contributed by atoms with Gasteiger partial charge in [0.1, 0.15) is 15.8 Å². The van der Waals surface area contributed by atoms with Crippen molar-refractivity contribution in [3.63, 3.8) is 0 Å². The number of aliphatic hydroxyl groups is 1. The van der Waals surface area contributed by atoms with Gasteiger partial charge in [-0.3, -0.25) is 4.79 Å². The maximum atomic E-state index is 12.5. The van der Waals surface area contributed by atoms with Crippen molar-refractivity contribution in [1.82, 2.24) is 15.2 Å². The number of anilines is 1. The highest BCUT2D eigenvalue weighted by molar-refractivity contribution is 7.12. The van der Waals surface area contributed by atoms with Crippen LogP contribution >= 0.6 is 11.3 Å². The Hall–Kier alpha value is -2.38. The van der Waals surface area contributed by atoms with Gasteiger partial charge in [0.15, 0.2) is 0 Å². The predicted octanol–water partition coefficient (Wildman–Crippen LogP) is 2.27. The molecular weight excluding hydrogens is 372 g/mol. The third kappa shape index (κ3) is 5.11. The molecule has 1 aliphatic rings. The van der Waals surface area contributed by atoms with Crippen LogP contribution in [0.1, 0.15) is 42.6 Å². The molecule has 2 heterocycles. The third-order valence-electron chi connectivity index (χ3n) is 5.13. The van der Waals surface area contributed by atoms with Gasteiger partial charge in [0.05, 0.1) is 0 Å². The van der Waals surface area contributed by atoms with Crippen LogP contribution in [-0.4, -0.2) is 32.8 Å². The van der Waals surface area contributed by atoms with Gasteiger partial charge in [0.2, 0.25) is 5.91 Å². The van der Waals surface area contributed by atoms with Gasteiger partial charge in [-0.2, -0.15) is 0 Å². The number of amides is 1. The van der Waals surface area contributed by atoms with E-state index in [1.807, 2.05) is 26.0 Å². The van der Waals surface area contributed by atoms with Crippen LogP contribution in [0.15, 0.2) is 18.3 Å². The van der Waals surface area contributed by atoms with Gasteiger partial charge < -0.3 is 10.4 Å². The largest absolute Gasteiger partial charge is 0.396 e. The molecule has 148 valence electrons. The van der Waals surface area contributed by atoms with Crippen molar-refractivity contribution in [2.75, 3.05) is 11.9 Å². The minimum Gasteiger partial charge on any atom is -0.396 e. The highest BCUT2D eigenvalue weighted by Gasteiger charge is 2.26. The van der Waals surface area contributed by atoms with Crippen molar-refractivity contribution in [3.05, 3.63) is 38.8 Å². The fourth-order valence-corrected chi connectivity index (χ4v) is 3.98.